The van der Waals surface area contributed by atoms with Crippen molar-refractivity contribution in [3.05, 3.63) is 35.4 Å². The van der Waals surface area contributed by atoms with Crippen molar-refractivity contribution in [3.8, 4) is 0 Å². The summed E-state index contributed by atoms with van der Waals surface area (Å²) in [5.74, 6) is -0.564. The molecule has 1 atom stereocenters. The first-order valence-corrected chi connectivity index (χ1v) is 9.67. The van der Waals surface area contributed by atoms with Crippen molar-refractivity contribution in [3.63, 3.8) is 0 Å². The van der Waals surface area contributed by atoms with Crippen LogP contribution in [0.1, 0.15) is 61.9 Å². The average molecular weight is 374 g/mol. The number of benzene rings is 1. The highest BCUT2D eigenvalue weighted by Crippen LogP contribution is 2.24. The molecule has 2 amide bonds. The van der Waals surface area contributed by atoms with Crippen molar-refractivity contribution in [1.82, 2.24) is 10.6 Å². The van der Waals surface area contributed by atoms with Gasteiger partial charge < -0.3 is 15.4 Å². The SMILES string of the molecule is COC(=O)c1ccc(CNC(=O)[C@H](NC(=O)C2CCCCC2)C(C)C)cc1. The van der Waals surface area contributed by atoms with Gasteiger partial charge in [0.1, 0.15) is 6.04 Å². The fraction of sp³-hybridized carbons (Fsp3) is 0.571. The molecule has 1 aromatic carbocycles. The Hall–Kier alpha value is -2.37. The van der Waals surface area contributed by atoms with Crippen LogP contribution in [0.4, 0.5) is 0 Å². The average Bonchev–Trinajstić information content (AvgIpc) is 2.70. The summed E-state index contributed by atoms with van der Waals surface area (Å²) in [6.45, 7) is 4.19. The summed E-state index contributed by atoms with van der Waals surface area (Å²) in [6.07, 6.45) is 5.17. The maximum atomic E-state index is 12.6. The van der Waals surface area contributed by atoms with Crippen LogP contribution in [0.3, 0.4) is 0 Å². The number of nitrogens with one attached hydrogen (secondary N) is 2. The van der Waals surface area contributed by atoms with Crippen LogP contribution >= 0.6 is 0 Å². The second kappa shape index (κ2) is 10.1. The van der Waals surface area contributed by atoms with Gasteiger partial charge in [-0.15, -0.1) is 0 Å². The van der Waals surface area contributed by atoms with Gasteiger partial charge in [-0.1, -0.05) is 45.2 Å². The van der Waals surface area contributed by atoms with E-state index in [0.717, 1.165) is 31.2 Å². The van der Waals surface area contributed by atoms with Crippen molar-refractivity contribution < 1.29 is 19.1 Å². The van der Waals surface area contributed by atoms with E-state index in [1.165, 1.54) is 13.5 Å². The Kier molecular flexibility index (Phi) is 7.82. The first-order chi connectivity index (χ1) is 12.9. The number of amides is 2. The molecule has 27 heavy (non-hydrogen) atoms. The van der Waals surface area contributed by atoms with E-state index in [1.54, 1.807) is 24.3 Å². The highest BCUT2D eigenvalue weighted by molar-refractivity contribution is 5.89. The molecule has 6 heteroatoms. The summed E-state index contributed by atoms with van der Waals surface area (Å²) in [7, 11) is 1.34. The van der Waals surface area contributed by atoms with Gasteiger partial charge in [0.25, 0.3) is 0 Å². The molecule has 1 fully saturated rings. The van der Waals surface area contributed by atoms with E-state index in [4.69, 9.17) is 0 Å². The van der Waals surface area contributed by atoms with E-state index in [-0.39, 0.29) is 23.7 Å². The Bertz CT molecular complexity index is 649. The van der Waals surface area contributed by atoms with Crippen molar-refractivity contribution in [2.45, 2.75) is 58.5 Å². The molecule has 6 nitrogen and oxygen atoms in total. The zero-order valence-corrected chi connectivity index (χ0v) is 16.4. The summed E-state index contributed by atoms with van der Waals surface area (Å²) >= 11 is 0. The summed E-state index contributed by atoms with van der Waals surface area (Å²) in [5.41, 5.74) is 1.34. The van der Waals surface area contributed by atoms with Gasteiger partial charge >= 0.3 is 5.97 Å². The van der Waals surface area contributed by atoms with Gasteiger partial charge in [0.2, 0.25) is 11.8 Å². The van der Waals surface area contributed by atoms with E-state index < -0.39 is 12.0 Å². The van der Waals surface area contributed by atoms with Crippen LogP contribution in [0.2, 0.25) is 0 Å². The quantitative estimate of drug-likeness (QED) is 0.719. The fourth-order valence-corrected chi connectivity index (χ4v) is 3.35. The maximum absolute atomic E-state index is 12.6. The third-order valence-electron chi connectivity index (χ3n) is 5.06. The van der Waals surface area contributed by atoms with E-state index in [2.05, 4.69) is 15.4 Å². The Morgan fingerprint density at radius 3 is 2.26 bits per heavy atom. The Labute approximate surface area is 161 Å². The molecular formula is C21H30N2O4. The topological polar surface area (TPSA) is 84.5 Å². The molecule has 0 heterocycles. The smallest absolute Gasteiger partial charge is 0.337 e. The van der Waals surface area contributed by atoms with Crippen molar-refractivity contribution in [1.29, 1.82) is 0 Å². The van der Waals surface area contributed by atoms with Gasteiger partial charge in [-0.05, 0) is 36.5 Å². The third kappa shape index (κ3) is 6.08. The third-order valence-corrected chi connectivity index (χ3v) is 5.06. The fourth-order valence-electron chi connectivity index (χ4n) is 3.35. The first-order valence-electron chi connectivity index (χ1n) is 9.67. The lowest BCUT2D eigenvalue weighted by atomic mass is 9.88. The summed E-state index contributed by atoms with van der Waals surface area (Å²) in [4.78, 5) is 36.5. The second-order valence-electron chi connectivity index (χ2n) is 7.47. The summed E-state index contributed by atoms with van der Waals surface area (Å²) in [6, 6.07) is 6.33. The zero-order valence-electron chi connectivity index (χ0n) is 16.4. The molecule has 0 bridgehead atoms. The minimum atomic E-state index is -0.547. The van der Waals surface area contributed by atoms with Crippen LogP contribution in [0.5, 0.6) is 0 Å². The van der Waals surface area contributed by atoms with Gasteiger partial charge in [-0.2, -0.15) is 0 Å². The standard InChI is InChI=1S/C21H30N2O4/c1-14(2)18(23-19(24)16-7-5-4-6-8-16)20(25)22-13-15-9-11-17(12-10-15)21(26)27-3/h9-12,14,16,18H,4-8,13H2,1-3H3,(H,22,25)(H,23,24)/t18-/m1/s1. The lowest BCUT2D eigenvalue weighted by Gasteiger charge is -2.26. The van der Waals surface area contributed by atoms with Gasteiger partial charge in [-0.25, -0.2) is 4.79 Å². The number of carbonyl (C=O) groups excluding carboxylic acids is 3. The number of esters is 1. The van der Waals surface area contributed by atoms with Crippen LogP contribution < -0.4 is 10.6 Å². The highest BCUT2D eigenvalue weighted by atomic mass is 16.5. The molecule has 1 aromatic rings. The maximum Gasteiger partial charge on any atom is 0.337 e. The molecule has 0 saturated heterocycles. The minimum Gasteiger partial charge on any atom is -0.465 e. The first kappa shape index (κ1) is 20.9. The monoisotopic (exact) mass is 374 g/mol. The van der Waals surface area contributed by atoms with Crippen molar-refractivity contribution in [2.75, 3.05) is 7.11 Å². The van der Waals surface area contributed by atoms with Crippen LogP contribution in [0, 0.1) is 11.8 Å². The van der Waals surface area contributed by atoms with E-state index in [0.29, 0.717) is 12.1 Å². The van der Waals surface area contributed by atoms with E-state index >= 15 is 0 Å². The van der Waals surface area contributed by atoms with Crippen molar-refractivity contribution >= 4 is 17.8 Å². The van der Waals surface area contributed by atoms with Gasteiger partial charge in [0.05, 0.1) is 12.7 Å². The van der Waals surface area contributed by atoms with E-state index in [9.17, 15) is 14.4 Å². The summed E-state index contributed by atoms with van der Waals surface area (Å²) in [5, 5.41) is 5.82. The molecule has 0 aliphatic heterocycles. The van der Waals surface area contributed by atoms with Crippen molar-refractivity contribution in [2.24, 2.45) is 11.8 Å². The van der Waals surface area contributed by atoms with Crippen LogP contribution in [0.15, 0.2) is 24.3 Å². The molecule has 1 aliphatic carbocycles. The largest absolute Gasteiger partial charge is 0.465 e. The zero-order chi connectivity index (χ0) is 19.8. The molecule has 0 unspecified atom stereocenters. The predicted octanol–water partition coefficient (Wildman–Crippen LogP) is 2.81. The van der Waals surface area contributed by atoms with Gasteiger partial charge in [0, 0.05) is 12.5 Å². The van der Waals surface area contributed by atoms with E-state index in [1.807, 2.05) is 13.8 Å². The minimum absolute atomic E-state index is 0.000703. The number of hydrogen-bond donors (Lipinski definition) is 2. The molecule has 0 aromatic heterocycles. The second-order valence-corrected chi connectivity index (χ2v) is 7.47. The number of hydrogen-bond acceptors (Lipinski definition) is 4. The Morgan fingerprint density at radius 1 is 1.07 bits per heavy atom. The number of rotatable bonds is 7. The van der Waals surface area contributed by atoms with Gasteiger partial charge in [0.15, 0.2) is 0 Å². The molecule has 2 rings (SSSR count). The van der Waals surface area contributed by atoms with Crippen LogP contribution in [0.25, 0.3) is 0 Å². The highest BCUT2D eigenvalue weighted by Gasteiger charge is 2.28. The molecule has 2 N–H and O–H groups in total. The number of ether oxygens (including phenoxy) is 1. The lowest BCUT2D eigenvalue weighted by Crippen LogP contribution is -2.51. The van der Waals surface area contributed by atoms with Crippen LogP contribution in [-0.2, 0) is 20.9 Å². The molecule has 0 radical (unpaired) electrons. The molecule has 148 valence electrons. The van der Waals surface area contributed by atoms with Crippen LogP contribution in [-0.4, -0.2) is 30.9 Å². The normalized spacial score (nSPS) is 15.9. The molecular weight excluding hydrogens is 344 g/mol. The van der Waals surface area contributed by atoms with Gasteiger partial charge in [-0.3, -0.25) is 9.59 Å². The number of carbonyl (C=O) groups is 3. The Morgan fingerprint density at radius 2 is 1.70 bits per heavy atom. The summed E-state index contributed by atoms with van der Waals surface area (Å²) < 4.78 is 4.67. The molecule has 0 spiro atoms. The Balaban J connectivity index is 1.90. The molecule has 1 aliphatic rings. The lowest BCUT2D eigenvalue weighted by molar-refractivity contribution is -0.132. The predicted molar refractivity (Wildman–Crippen MR) is 103 cm³/mol. The number of methoxy groups -OCH3 is 1. The molecule has 1 saturated carbocycles.